The molecule has 2 atom stereocenters. The third kappa shape index (κ3) is 3.19. The molecule has 2 saturated heterocycles. The van der Waals surface area contributed by atoms with Crippen LogP contribution in [0.5, 0.6) is 0 Å². The third-order valence-electron chi connectivity index (χ3n) is 4.12. The summed E-state index contributed by atoms with van der Waals surface area (Å²) in [5.41, 5.74) is 7.57. The minimum Gasteiger partial charge on any atom is -0.459 e. The quantitative estimate of drug-likeness (QED) is 0.667. The lowest BCUT2D eigenvalue weighted by Gasteiger charge is -2.36. The summed E-state index contributed by atoms with van der Waals surface area (Å²) in [6, 6.07) is 5.28. The molecule has 1 aromatic rings. The van der Waals surface area contributed by atoms with Crippen LogP contribution in [-0.4, -0.2) is 37.5 Å². The summed E-state index contributed by atoms with van der Waals surface area (Å²) in [5, 5.41) is 0. The zero-order chi connectivity index (χ0) is 14.9. The van der Waals surface area contributed by atoms with Gasteiger partial charge in [0.2, 0.25) is 0 Å². The van der Waals surface area contributed by atoms with E-state index in [2.05, 4.69) is 0 Å². The van der Waals surface area contributed by atoms with E-state index in [1.54, 1.807) is 12.1 Å². The van der Waals surface area contributed by atoms with Crippen LogP contribution in [-0.2, 0) is 14.2 Å². The Hall–Kier alpha value is -1.59. The number of aryl methyl sites for hydroxylation is 1. The highest BCUT2D eigenvalue weighted by Crippen LogP contribution is 2.34. The molecule has 2 aliphatic heterocycles. The monoisotopic (exact) mass is 291 g/mol. The Bertz CT molecular complexity index is 517. The van der Waals surface area contributed by atoms with Gasteiger partial charge in [-0.3, -0.25) is 0 Å². The zero-order valence-corrected chi connectivity index (χ0v) is 12.3. The summed E-state index contributed by atoms with van der Waals surface area (Å²) in [4.78, 5) is 12.3. The highest BCUT2D eigenvalue weighted by Gasteiger charge is 2.42. The van der Waals surface area contributed by atoms with Crippen molar-refractivity contribution >= 4 is 11.7 Å². The number of ether oxygens (including phenoxy) is 3. The molecule has 5 heteroatoms. The van der Waals surface area contributed by atoms with Gasteiger partial charge in [0.1, 0.15) is 6.10 Å². The highest BCUT2D eigenvalue weighted by molar-refractivity contribution is 5.90. The first-order chi connectivity index (χ1) is 10.1. The largest absolute Gasteiger partial charge is 0.459 e. The molecular weight excluding hydrogens is 270 g/mol. The minimum atomic E-state index is -0.314. The van der Waals surface area contributed by atoms with Crippen molar-refractivity contribution in [1.82, 2.24) is 0 Å². The first-order valence-electron chi connectivity index (χ1n) is 7.36. The molecule has 1 aromatic carbocycles. The van der Waals surface area contributed by atoms with Crippen LogP contribution in [0.4, 0.5) is 5.69 Å². The standard InChI is InChI=1S/C16H21NO4/c1-11-6-12(8-13(17)7-11)15(18)21-14-2-4-20-16(9-14)3-5-19-10-16/h6-8,14H,2-5,9-10,17H2,1H3. The molecule has 0 radical (unpaired) electrons. The lowest BCUT2D eigenvalue weighted by Crippen LogP contribution is -2.43. The van der Waals surface area contributed by atoms with Crippen molar-refractivity contribution < 1.29 is 19.0 Å². The summed E-state index contributed by atoms with van der Waals surface area (Å²) in [5.74, 6) is -0.314. The number of carbonyl (C=O) groups excluding carboxylic acids is 1. The van der Waals surface area contributed by atoms with Crippen molar-refractivity contribution in [3.05, 3.63) is 29.3 Å². The number of esters is 1. The van der Waals surface area contributed by atoms with E-state index in [1.807, 2.05) is 13.0 Å². The van der Waals surface area contributed by atoms with Gasteiger partial charge in [0.25, 0.3) is 0 Å². The molecule has 3 rings (SSSR count). The molecule has 114 valence electrons. The van der Waals surface area contributed by atoms with E-state index in [0.717, 1.165) is 25.0 Å². The summed E-state index contributed by atoms with van der Waals surface area (Å²) in [6.45, 7) is 3.83. The molecule has 2 N–H and O–H groups in total. The number of nitrogens with two attached hydrogens (primary N) is 1. The molecule has 0 aliphatic carbocycles. The van der Waals surface area contributed by atoms with E-state index < -0.39 is 0 Å². The van der Waals surface area contributed by atoms with Crippen LogP contribution in [0.15, 0.2) is 18.2 Å². The van der Waals surface area contributed by atoms with Crippen LogP contribution in [0.1, 0.15) is 35.2 Å². The molecule has 0 bridgehead atoms. The second-order valence-corrected chi connectivity index (χ2v) is 5.99. The molecule has 5 nitrogen and oxygen atoms in total. The van der Waals surface area contributed by atoms with E-state index in [0.29, 0.717) is 30.9 Å². The van der Waals surface area contributed by atoms with Crippen molar-refractivity contribution in [3.63, 3.8) is 0 Å². The van der Waals surface area contributed by atoms with Crippen LogP contribution >= 0.6 is 0 Å². The van der Waals surface area contributed by atoms with Gasteiger partial charge in [-0.05, 0) is 30.7 Å². The Labute approximate surface area is 124 Å². The van der Waals surface area contributed by atoms with Gasteiger partial charge in [-0.2, -0.15) is 0 Å². The summed E-state index contributed by atoms with van der Waals surface area (Å²) in [7, 11) is 0. The number of hydrogen-bond acceptors (Lipinski definition) is 5. The van der Waals surface area contributed by atoms with Gasteiger partial charge < -0.3 is 19.9 Å². The van der Waals surface area contributed by atoms with Gasteiger partial charge >= 0.3 is 5.97 Å². The second kappa shape index (κ2) is 5.66. The Morgan fingerprint density at radius 2 is 2.24 bits per heavy atom. The normalized spacial score (nSPS) is 28.7. The van der Waals surface area contributed by atoms with Gasteiger partial charge in [-0.25, -0.2) is 4.79 Å². The van der Waals surface area contributed by atoms with Gasteiger partial charge in [0.05, 0.1) is 24.4 Å². The fourth-order valence-corrected chi connectivity index (χ4v) is 3.10. The number of hydrogen-bond donors (Lipinski definition) is 1. The first kappa shape index (κ1) is 14.4. The van der Waals surface area contributed by atoms with E-state index >= 15 is 0 Å². The molecule has 2 aliphatic rings. The molecule has 0 saturated carbocycles. The smallest absolute Gasteiger partial charge is 0.338 e. The number of benzene rings is 1. The van der Waals surface area contributed by atoms with Crippen LogP contribution in [0.2, 0.25) is 0 Å². The minimum absolute atomic E-state index is 0.116. The third-order valence-corrected chi connectivity index (χ3v) is 4.12. The van der Waals surface area contributed by atoms with Gasteiger partial charge in [-0.1, -0.05) is 0 Å². The zero-order valence-electron chi connectivity index (χ0n) is 12.3. The molecule has 0 amide bonds. The molecule has 2 fully saturated rings. The van der Waals surface area contributed by atoms with Crippen molar-refractivity contribution in [1.29, 1.82) is 0 Å². The first-order valence-corrected chi connectivity index (χ1v) is 7.36. The van der Waals surface area contributed by atoms with Gasteiger partial charge in [0, 0.05) is 31.6 Å². The van der Waals surface area contributed by atoms with E-state index in [1.165, 1.54) is 0 Å². The lowest BCUT2D eigenvalue weighted by molar-refractivity contribution is -0.120. The number of nitrogen functional groups attached to an aromatic ring is 1. The van der Waals surface area contributed by atoms with E-state index in [4.69, 9.17) is 19.9 Å². The highest BCUT2D eigenvalue weighted by atomic mass is 16.6. The van der Waals surface area contributed by atoms with E-state index in [-0.39, 0.29) is 17.7 Å². The molecule has 0 aromatic heterocycles. The predicted molar refractivity (Wildman–Crippen MR) is 78.1 cm³/mol. The molecule has 2 unspecified atom stereocenters. The Morgan fingerprint density at radius 3 is 2.95 bits per heavy atom. The van der Waals surface area contributed by atoms with Gasteiger partial charge in [0.15, 0.2) is 0 Å². The van der Waals surface area contributed by atoms with Crippen molar-refractivity contribution in [2.45, 2.75) is 37.9 Å². The maximum atomic E-state index is 12.3. The average molecular weight is 291 g/mol. The summed E-state index contributed by atoms with van der Waals surface area (Å²) >= 11 is 0. The molecule has 21 heavy (non-hydrogen) atoms. The Kier molecular flexibility index (Phi) is 3.87. The predicted octanol–water partition coefficient (Wildman–Crippen LogP) is 2.07. The summed E-state index contributed by atoms with van der Waals surface area (Å²) in [6.07, 6.45) is 2.20. The van der Waals surface area contributed by atoms with Crippen molar-refractivity contribution in [2.75, 3.05) is 25.6 Å². The Balaban J connectivity index is 1.66. The molecule has 2 heterocycles. The van der Waals surface area contributed by atoms with Gasteiger partial charge in [-0.15, -0.1) is 0 Å². The number of anilines is 1. The molecular formula is C16H21NO4. The van der Waals surface area contributed by atoms with Crippen LogP contribution in [0, 0.1) is 6.92 Å². The maximum absolute atomic E-state index is 12.3. The molecule has 1 spiro atoms. The van der Waals surface area contributed by atoms with E-state index in [9.17, 15) is 4.79 Å². The fourth-order valence-electron chi connectivity index (χ4n) is 3.10. The SMILES string of the molecule is Cc1cc(N)cc(C(=O)OC2CCOC3(CCOC3)C2)c1. The maximum Gasteiger partial charge on any atom is 0.338 e. The van der Waals surface area contributed by atoms with Crippen LogP contribution < -0.4 is 5.73 Å². The lowest BCUT2D eigenvalue weighted by atomic mass is 9.91. The fraction of sp³-hybridized carbons (Fsp3) is 0.562. The van der Waals surface area contributed by atoms with Crippen LogP contribution in [0.25, 0.3) is 0 Å². The average Bonchev–Trinajstić information content (AvgIpc) is 2.85. The Morgan fingerprint density at radius 1 is 1.38 bits per heavy atom. The van der Waals surface area contributed by atoms with Crippen LogP contribution in [0.3, 0.4) is 0 Å². The summed E-state index contributed by atoms with van der Waals surface area (Å²) < 4.78 is 16.9. The van der Waals surface area contributed by atoms with Crippen molar-refractivity contribution in [2.24, 2.45) is 0 Å². The van der Waals surface area contributed by atoms with Crippen molar-refractivity contribution in [3.8, 4) is 0 Å². The number of rotatable bonds is 2. The second-order valence-electron chi connectivity index (χ2n) is 5.99. The topological polar surface area (TPSA) is 70.8 Å². The number of carbonyl (C=O) groups is 1.